The van der Waals surface area contributed by atoms with E-state index < -0.39 is 0 Å². The van der Waals surface area contributed by atoms with E-state index in [1.54, 1.807) is 0 Å². The third kappa shape index (κ3) is 1.56. The minimum absolute atomic E-state index is 0.151. The van der Waals surface area contributed by atoms with Crippen molar-refractivity contribution >= 4 is 0 Å². The lowest BCUT2D eigenvalue weighted by Gasteiger charge is -2.25. The molecule has 0 aromatic carbocycles. The fourth-order valence-electron chi connectivity index (χ4n) is 1.81. The average molecular weight is 204 g/mol. The number of rotatable bonds is 2. The maximum atomic E-state index is 4.35. The predicted octanol–water partition coefficient (Wildman–Crippen LogP) is 1.71. The molecule has 0 unspecified atom stereocenters. The SMILES string of the molecule is Cc1ccnn1C(C)(C)c1cnn(C)c1. The van der Waals surface area contributed by atoms with Crippen molar-refractivity contribution in [3.8, 4) is 0 Å². The van der Waals surface area contributed by atoms with Crippen LogP contribution in [0.1, 0.15) is 25.1 Å². The van der Waals surface area contributed by atoms with Gasteiger partial charge in [-0.2, -0.15) is 10.2 Å². The fourth-order valence-corrected chi connectivity index (χ4v) is 1.81. The maximum absolute atomic E-state index is 4.35. The Kier molecular flexibility index (Phi) is 2.14. The van der Waals surface area contributed by atoms with Crippen LogP contribution in [0.4, 0.5) is 0 Å². The zero-order valence-electron chi connectivity index (χ0n) is 9.60. The lowest BCUT2D eigenvalue weighted by atomic mass is 9.98. The molecule has 2 rings (SSSR count). The van der Waals surface area contributed by atoms with Crippen LogP contribution < -0.4 is 0 Å². The smallest absolute Gasteiger partial charge is 0.0853 e. The second kappa shape index (κ2) is 3.22. The van der Waals surface area contributed by atoms with Crippen molar-refractivity contribution in [2.75, 3.05) is 0 Å². The average Bonchev–Trinajstić information content (AvgIpc) is 2.74. The molecule has 0 aliphatic heterocycles. The Morgan fingerprint density at radius 1 is 1.27 bits per heavy atom. The molecule has 0 saturated heterocycles. The van der Waals surface area contributed by atoms with Crippen LogP contribution in [0.15, 0.2) is 24.7 Å². The standard InChI is InChI=1S/C11H16N4/c1-9-5-6-12-15(9)11(2,3)10-7-13-14(4)8-10/h5-8H,1-4H3. The van der Waals surface area contributed by atoms with Gasteiger partial charge in [0.05, 0.1) is 11.7 Å². The molecule has 2 heterocycles. The van der Waals surface area contributed by atoms with Gasteiger partial charge in [-0.15, -0.1) is 0 Å². The molecule has 0 N–H and O–H groups in total. The molecule has 80 valence electrons. The van der Waals surface area contributed by atoms with Gasteiger partial charge >= 0.3 is 0 Å². The number of aryl methyl sites for hydroxylation is 2. The Morgan fingerprint density at radius 2 is 2.00 bits per heavy atom. The fraction of sp³-hybridized carbons (Fsp3) is 0.455. The maximum Gasteiger partial charge on any atom is 0.0853 e. The Balaban J connectivity index is 2.47. The van der Waals surface area contributed by atoms with Crippen molar-refractivity contribution in [2.24, 2.45) is 7.05 Å². The van der Waals surface area contributed by atoms with Crippen molar-refractivity contribution < 1.29 is 0 Å². The van der Waals surface area contributed by atoms with Gasteiger partial charge in [-0.1, -0.05) is 0 Å². The lowest BCUT2D eigenvalue weighted by molar-refractivity contribution is 0.382. The number of nitrogens with zero attached hydrogens (tertiary/aromatic N) is 4. The highest BCUT2D eigenvalue weighted by molar-refractivity contribution is 5.19. The number of hydrogen-bond donors (Lipinski definition) is 0. The van der Waals surface area contributed by atoms with E-state index in [1.165, 1.54) is 0 Å². The predicted molar refractivity (Wildman–Crippen MR) is 58.6 cm³/mol. The van der Waals surface area contributed by atoms with Crippen LogP contribution in [0.25, 0.3) is 0 Å². The van der Waals surface area contributed by atoms with E-state index in [0.717, 1.165) is 11.3 Å². The molecular formula is C11H16N4. The van der Waals surface area contributed by atoms with E-state index in [9.17, 15) is 0 Å². The largest absolute Gasteiger partial charge is 0.275 e. The highest BCUT2D eigenvalue weighted by Gasteiger charge is 2.25. The summed E-state index contributed by atoms with van der Waals surface area (Å²) in [7, 11) is 1.93. The van der Waals surface area contributed by atoms with Gasteiger partial charge in [0.2, 0.25) is 0 Å². The van der Waals surface area contributed by atoms with Crippen LogP contribution >= 0.6 is 0 Å². The van der Waals surface area contributed by atoms with Gasteiger partial charge in [0, 0.05) is 30.7 Å². The van der Waals surface area contributed by atoms with Gasteiger partial charge < -0.3 is 0 Å². The third-order valence-corrected chi connectivity index (χ3v) is 2.77. The summed E-state index contributed by atoms with van der Waals surface area (Å²) in [5.74, 6) is 0. The van der Waals surface area contributed by atoms with Crippen molar-refractivity contribution in [1.29, 1.82) is 0 Å². The zero-order chi connectivity index (χ0) is 11.1. The Labute approximate surface area is 89.5 Å². The Morgan fingerprint density at radius 3 is 2.47 bits per heavy atom. The second-order valence-corrected chi connectivity index (χ2v) is 4.35. The minimum atomic E-state index is -0.151. The summed E-state index contributed by atoms with van der Waals surface area (Å²) >= 11 is 0. The van der Waals surface area contributed by atoms with Crippen molar-refractivity contribution in [3.05, 3.63) is 35.9 Å². The molecular weight excluding hydrogens is 188 g/mol. The normalized spacial score (nSPS) is 12.0. The summed E-state index contributed by atoms with van der Waals surface area (Å²) in [6.07, 6.45) is 5.75. The summed E-state index contributed by atoms with van der Waals surface area (Å²) in [5.41, 5.74) is 2.17. The summed E-state index contributed by atoms with van der Waals surface area (Å²) in [5, 5.41) is 8.55. The topological polar surface area (TPSA) is 35.6 Å². The Hall–Kier alpha value is -1.58. The molecule has 2 aromatic rings. The highest BCUT2D eigenvalue weighted by Crippen LogP contribution is 2.25. The molecule has 0 saturated carbocycles. The van der Waals surface area contributed by atoms with Gasteiger partial charge in [0.15, 0.2) is 0 Å². The van der Waals surface area contributed by atoms with E-state index >= 15 is 0 Å². The van der Waals surface area contributed by atoms with Gasteiger partial charge in [-0.3, -0.25) is 9.36 Å². The van der Waals surface area contributed by atoms with E-state index in [-0.39, 0.29) is 5.54 Å². The first kappa shape index (κ1) is 9.96. The number of hydrogen-bond acceptors (Lipinski definition) is 2. The quantitative estimate of drug-likeness (QED) is 0.746. The third-order valence-electron chi connectivity index (χ3n) is 2.77. The van der Waals surface area contributed by atoms with Crippen LogP contribution in [0, 0.1) is 6.92 Å². The molecule has 0 spiro atoms. The molecule has 0 radical (unpaired) electrons. The summed E-state index contributed by atoms with van der Waals surface area (Å²) < 4.78 is 3.83. The van der Waals surface area contributed by atoms with E-state index in [1.807, 2.05) is 41.1 Å². The molecule has 0 bridgehead atoms. The van der Waals surface area contributed by atoms with E-state index in [0.29, 0.717) is 0 Å². The highest BCUT2D eigenvalue weighted by atomic mass is 15.3. The Bertz CT molecular complexity index is 464. The number of aromatic nitrogens is 4. The van der Waals surface area contributed by atoms with Crippen molar-refractivity contribution in [2.45, 2.75) is 26.3 Å². The van der Waals surface area contributed by atoms with Crippen LogP contribution in [-0.4, -0.2) is 19.6 Å². The first-order valence-corrected chi connectivity index (χ1v) is 5.02. The van der Waals surface area contributed by atoms with E-state index in [4.69, 9.17) is 0 Å². The van der Waals surface area contributed by atoms with Gasteiger partial charge in [-0.25, -0.2) is 0 Å². The van der Waals surface area contributed by atoms with Gasteiger partial charge in [0.1, 0.15) is 0 Å². The molecule has 2 aromatic heterocycles. The monoisotopic (exact) mass is 204 g/mol. The molecule has 0 fully saturated rings. The first-order chi connectivity index (χ1) is 7.01. The van der Waals surface area contributed by atoms with Crippen molar-refractivity contribution in [1.82, 2.24) is 19.6 Å². The second-order valence-electron chi connectivity index (χ2n) is 4.35. The summed E-state index contributed by atoms with van der Waals surface area (Å²) in [6, 6.07) is 2.01. The summed E-state index contributed by atoms with van der Waals surface area (Å²) in [6.45, 7) is 6.35. The molecule has 15 heavy (non-hydrogen) atoms. The van der Waals surface area contributed by atoms with Gasteiger partial charge in [-0.05, 0) is 26.8 Å². The molecule has 0 atom stereocenters. The lowest BCUT2D eigenvalue weighted by Crippen LogP contribution is -2.29. The molecule has 0 aliphatic carbocycles. The molecule has 4 heteroatoms. The van der Waals surface area contributed by atoms with Gasteiger partial charge in [0.25, 0.3) is 0 Å². The molecule has 0 aliphatic rings. The molecule has 4 nitrogen and oxygen atoms in total. The molecule has 0 amide bonds. The summed E-state index contributed by atoms with van der Waals surface area (Å²) in [4.78, 5) is 0. The van der Waals surface area contributed by atoms with E-state index in [2.05, 4.69) is 31.0 Å². The minimum Gasteiger partial charge on any atom is -0.275 e. The van der Waals surface area contributed by atoms with Crippen LogP contribution in [0.3, 0.4) is 0 Å². The van der Waals surface area contributed by atoms with Crippen LogP contribution in [0.5, 0.6) is 0 Å². The zero-order valence-corrected chi connectivity index (χ0v) is 9.60. The first-order valence-electron chi connectivity index (χ1n) is 5.02. The van der Waals surface area contributed by atoms with Crippen LogP contribution in [-0.2, 0) is 12.6 Å². The van der Waals surface area contributed by atoms with Crippen LogP contribution in [0.2, 0.25) is 0 Å². The van der Waals surface area contributed by atoms with Crippen molar-refractivity contribution in [3.63, 3.8) is 0 Å².